The number of hydrogen-bond acceptors (Lipinski definition) is 3. The molecule has 1 aromatic carbocycles. The topological polar surface area (TPSA) is 55.8 Å². The van der Waals surface area contributed by atoms with Crippen LogP contribution in [0.3, 0.4) is 0 Å². The quantitative estimate of drug-likeness (QED) is 0.859. The molecular formula is C12H13FO4. The maximum absolute atomic E-state index is 12.9. The van der Waals surface area contributed by atoms with Gasteiger partial charge >= 0.3 is 12.3 Å². The van der Waals surface area contributed by atoms with Gasteiger partial charge in [-0.05, 0) is 24.6 Å². The number of carboxylic acids is 1. The molecule has 1 atom stereocenters. The molecule has 0 fully saturated rings. The fourth-order valence-corrected chi connectivity index (χ4v) is 1.24. The normalized spacial score (nSPS) is 12.4. The Kier molecular flexibility index (Phi) is 4.51. The first kappa shape index (κ1) is 13.0. The fraction of sp³-hybridized carbons (Fsp3) is 0.250. The van der Waals surface area contributed by atoms with Gasteiger partial charge in [0.1, 0.15) is 0 Å². The lowest BCUT2D eigenvalue weighted by molar-refractivity contribution is -0.153. The molecule has 4 nitrogen and oxygen atoms in total. The highest BCUT2D eigenvalue weighted by Crippen LogP contribution is 2.29. The summed E-state index contributed by atoms with van der Waals surface area (Å²) < 4.78 is 22.5. The number of rotatable bonds is 5. The predicted octanol–water partition coefficient (Wildman–Crippen LogP) is 2.49. The van der Waals surface area contributed by atoms with E-state index in [0.29, 0.717) is 0 Å². The molecule has 92 valence electrons. The molecule has 0 amide bonds. The number of ether oxygens (including phenoxy) is 2. The van der Waals surface area contributed by atoms with Crippen LogP contribution in [0.1, 0.15) is 12.5 Å². The van der Waals surface area contributed by atoms with E-state index in [2.05, 4.69) is 4.74 Å². The summed E-state index contributed by atoms with van der Waals surface area (Å²) in [4.78, 5) is 10.3. The Morgan fingerprint density at radius 2 is 2.18 bits per heavy atom. The van der Waals surface area contributed by atoms with E-state index in [1.165, 1.54) is 13.2 Å². The molecule has 1 aromatic rings. The van der Waals surface area contributed by atoms with E-state index in [-0.39, 0.29) is 11.5 Å². The van der Waals surface area contributed by atoms with E-state index < -0.39 is 12.3 Å². The minimum absolute atomic E-state index is 0.0515. The monoisotopic (exact) mass is 240 g/mol. The van der Waals surface area contributed by atoms with Gasteiger partial charge in [-0.25, -0.2) is 4.79 Å². The van der Waals surface area contributed by atoms with Gasteiger partial charge in [-0.2, -0.15) is 4.39 Å². The van der Waals surface area contributed by atoms with Crippen LogP contribution in [0.25, 0.3) is 6.08 Å². The maximum atomic E-state index is 12.9. The SMILES string of the molecule is CC=Cc1ccc(OC(F)C(=O)O)c(OC)c1. The van der Waals surface area contributed by atoms with Gasteiger partial charge in [0.25, 0.3) is 0 Å². The van der Waals surface area contributed by atoms with Crippen LogP contribution in [0.4, 0.5) is 4.39 Å². The smallest absolute Gasteiger partial charge is 0.378 e. The molecule has 0 saturated carbocycles. The second-order valence-corrected chi connectivity index (χ2v) is 3.18. The Bertz CT molecular complexity index is 429. The summed E-state index contributed by atoms with van der Waals surface area (Å²) >= 11 is 0. The van der Waals surface area contributed by atoms with Gasteiger partial charge < -0.3 is 14.6 Å². The second kappa shape index (κ2) is 5.89. The van der Waals surface area contributed by atoms with Crippen LogP contribution < -0.4 is 9.47 Å². The van der Waals surface area contributed by atoms with Crippen molar-refractivity contribution in [3.05, 3.63) is 29.8 Å². The number of aliphatic carboxylic acids is 1. The van der Waals surface area contributed by atoms with Gasteiger partial charge in [-0.15, -0.1) is 0 Å². The summed E-state index contributed by atoms with van der Waals surface area (Å²) in [5.74, 6) is -1.34. The first-order chi connectivity index (χ1) is 8.08. The van der Waals surface area contributed by atoms with Gasteiger partial charge in [0, 0.05) is 0 Å². The summed E-state index contributed by atoms with van der Waals surface area (Å²) in [5, 5.41) is 8.39. The summed E-state index contributed by atoms with van der Waals surface area (Å²) in [6, 6.07) is 4.76. The Labute approximate surface area is 98.3 Å². The number of methoxy groups -OCH3 is 1. The third-order valence-corrected chi connectivity index (χ3v) is 1.97. The lowest BCUT2D eigenvalue weighted by Crippen LogP contribution is -2.21. The maximum Gasteiger partial charge on any atom is 0.378 e. The van der Waals surface area contributed by atoms with E-state index in [4.69, 9.17) is 9.84 Å². The molecule has 0 spiro atoms. The largest absolute Gasteiger partial charge is 0.493 e. The molecule has 5 heteroatoms. The van der Waals surface area contributed by atoms with Gasteiger partial charge in [0.15, 0.2) is 11.5 Å². The van der Waals surface area contributed by atoms with Gasteiger partial charge in [0.05, 0.1) is 7.11 Å². The highest BCUT2D eigenvalue weighted by Gasteiger charge is 2.19. The minimum Gasteiger partial charge on any atom is -0.493 e. The third kappa shape index (κ3) is 3.48. The first-order valence-electron chi connectivity index (χ1n) is 4.92. The summed E-state index contributed by atoms with van der Waals surface area (Å²) in [6.45, 7) is 1.86. The van der Waals surface area contributed by atoms with Crippen LogP contribution in [0.15, 0.2) is 24.3 Å². The van der Waals surface area contributed by atoms with Crippen molar-refractivity contribution in [3.63, 3.8) is 0 Å². The van der Waals surface area contributed by atoms with Crippen molar-refractivity contribution in [1.29, 1.82) is 0 Å². The number of hydrogen-bond donors (Lipinski definition) is 1. The molecule has 0 heterocycles. The van der Waals surface area contributed by atoms with E-state index in [1.807, 2.05) is 19.1 Å². The number of allylic oxidation sites excluding steroid dienone is 1. The number of carboxylic acid groups (broad SMARTS) is 1. The molecule has 1 rings (SSSR count). The number of halogens is 1. The predicted molar refractivity (Wildman–Crippen MR) is 60.9 cm³/mol. The summed E-state index contributed by atoms with van der Waals surface area (Å²) in [5.41, 5.74) is 0.849. The van der Waals surface area contributed by atoms with Crippen molar-refractivity contribution < 1.29 is 23.8 Å². The van der Waals surface area contributed by atoms with E-state index in [1.54, 1.807) is 12.1 Å². The van der Waals surface area contributed by atoms with E-state index >= 15 is 0 Å². The average molecular weight is 240 g/mol. The molecule has 0 aliphatic heterocycles. The van der Waals surface area contributed by atoms with Crippen molar-refractivity contribution in [1.82, 2.24) is 0 Å². The second-order valence-electron chi connectivity index (χ2n) is 3.18. The van der Waals surface area contributed by atoms with Crippen LogP contribution in [0.2, 0.25) is 0 Å². The summed E-state index contributed by atoms with van der Waals surface area (Å²) in [7, 11) is 1.40. The van der Waals surface area contributed by atoms with Crippen molar-refractivity contribution >= 4 is 12.0 Å². The van der Waals surface area contributed by atoms with Crippen molar-refractivity contribution in [2.75, 3.05) is 7.11 Å². The first-order valence-corrected chi connectivity index (χ1v) is 4.92. The molecule has 1 N–H and O–H groups in total. The van der Waals surface area contributed by atoms with Crippen LogP contribution >= 0.6 is 0 Å². The molecule has 17 heavy (non-hydrogen) atoms. The van der Waals surface area contributed by atoms with E-state index in [0.717, 1.165) is 5.56 Å². The Hall–Kier alpha value is -2.04. The Morgan fingerprint density at radius 1 is 1.47 bits per heavy atom. The Morgan fingerprint density at radius 3 is 2.71 bits per heavy atom. The van der Waals surface area contributed by atoms with Crippen molar-refractivity contribution in [3.8, 4) is 11.5 Å². The third-order valence-electron chi connectivity index (χ3n) is 1.97. The standard InChI is InChI=1S/C12H13FO4/c1-3-4-8-5-6-9(10(7-8)16-2)17-11(13)12(14)15/h3-7,11H,1-2H3,(H,14,15). The molecule has 0 saturated heterocycles. The van der Waals surface area contributed by atoms with Crippen molar-refractivity contribution in [2.45, 2.75) is 13.3 Å². The lowest BCUT2D eigenvalue weighted by atomic mass is 10.2. The molecule has 0 aromatic heterocycles. The van der Waals surface area contributed by atoms with E-state index in [9.17, 15) is 9.18 Å². The highest BCUT2D eigenvalue weighted by atomic mass is 19.1. The van der Waals surface area contributed by atoms with Gasteiger partial charge in [-0.1, -0.05) is 18.2 Å². The molecule has 0 radical (unpaired) electrons. The van der Waals surface area contributed by atoms with Gasteiger partial charge in [-0.3, -0.25) is 0 Å². The van der Waals surface area contributed by atoms with Crippen LogP contribution in [0, 0.1) is 0 Å². The molecule has 0 aliphatic carbocycles. The van der Waals surface area contributed by atoms with Crippen LogP contribution in [0.5, 0.6) is 11.5 Å². The van der Waals surface area contributed by atoms with Crippen LogP contribution in [-0.2, 0) is 4.79 Å². The molecule has 1 unspecified atom stereocenters. The zero-order chi connectivity index (χ0) is 12.8. The zero-order valence-electron chi connectivity index (χ0n) is 9.51. The minimum atomic E-state index is -2.41. The lowest BCUT2D eigenvalue weighted by Gasteiger charge is -2.11. The molecule has 0 aliphatic rings. The number of carbonyl (C=O) groups is 1. The number of alkyl halides is 1. The molecule has 0 bridgehead atoms. The number of benzene rings is 1. The van der Waals surface area contributed by atoms with Crippen molar-refractivity contribution in [2.24, 2.45) is 0 Å². The zero-order valence-corrected chi connectivity index (χ0v) is 9.51. The Balaban J connectivity index is 2.96. The van der Waals surface area contributed by atoms with Crippen LogP contribution in [-0.4, -0.2) is 24.5 Å². The fourth-order valence-electron chi connectivity index (χ4n) is 1.24. The average Bonchev–Trinajstić information content (AvgIpc) is 2.31. The van der Waals surface area contributed by atoms with Gasteiger partial charge in [0.2, 0.25) is 0 Å². The summed E-state index contributed by atoms with van der Waals surface area (Å²) in [6.07, 6.45) is 1.26. The highest BCUT2D eigenvalue weighted by molar-refractivity contribution is 5.71. The molecular weight excluding hydrogens is 227 g/mol.